The van der Waals surface area contributed by atoms with Crippen LogP contribution in [0.3, 0.4) is 0 Å². The van der Waals surface area contributed by atoms with Crippen molar-refractivity contribution in [2.75, 3.05) is 5.01 Å². The first kappa shape index (κ1) is 21.9. The minimum Gasteiger partial charge on any atom is -0.612 e. The largest absolute Gasteiger partial charge is 0.612 e. The van der Waals surface area contributed by atoms with Crippen molar-refractivity contribution in [3.8, 4) is 0 Å². The summed E-state index contributed by atoms with van der Waals surface area (Å²) < 4.78 is 31.5. The highest BCUT2D eigenvalue weighted by molar-refractivity contribution is 7.85. The number of allylic oxidation sites excluding steroid dienone is 5. The molecule has 1 unspecified atom stereocenters. The molecule has 0 spiro atoms. The molecule has 12 heteroatoms. The topological polar surface area (TPSA) is 161 Å². The molecular formula is C21H16N5O6S-. The molecule has 2 aliphatic rings. The van der Waals surface area contributed by atoms with E-state index >= 15 is 0 Å². The SMILES string of the molecule is O=C1C(N=Nc2ccc(S(=O)(=O)O)cc2)C(=C2C=CC(=[N+]([O-])[O-])C=C2)NN1c1ccccc1. The highest BCUT2D eigenvalue weighted by Gasteiger charge is 2.38. The van der Waals surface area contributed by atoms with Gasteiger partial charge in [0.15, 0.2) is 6.04 Å². The van der Waals surface area contributed by atoms with Crippen LogP contribution in [0.15, 0.2) is 105 Å². The molecule has 0 aromatic heterocycles. The third kappa shape index (κ3) is 4.66. The van der Waals surface area contributed by atoms with Crippen LogP contribution in [-0.2, 0) is 14.9 Å². The number of amides is 1. The molecule has 0 saturated carbocycles. The summed E-state index contributed by atoms with van der Waals surface area (Å²) in [5.74, 6) is -0.423. The summed E-state index contributed by atoms with van der Waals surface area (Å²) in [5, 5.41) is 31.4. The lowest BCUT2D eigenvalue weighted by Gasteiger charge is -2.16. The Labute approximate surface area is 188 Å². The fraction of sp³-hybridized carbons (Fsp3) is 0.0476. The standard InChI is InChI=1S/C21H16N5O6S/c27-21-20(23-22-15-8-12-18(13-9-15)33(30,31)32)19(14-6-10-17(11-7-14)26(28)29)24-25(21)16-4-2-1-3-5-16/h1-13,20H,(H2-,22,23,24,28,29,30,31,32)/q-1. The van der Waals surface area contributed by atoms with Gasteiger partial charge in [-0.25, -0.2) is 5.01 Å². The number of benzene rings is 2. The smallest absolute Gasteiger partial charge is 0.294 e. The van der Waals surface area contributed by atoms with E-state index in [1.165, 1.54) is 41.4 Å². The molecule has 4 rings (SSSR count). The lowest BCUT2D eigenvalue weighted by Crippen LogP contribution is -2.34. The molecule has 1 fully saturated rings. The van der Waals surface area contributed by atoms with Crippen LogP contribution < -0.4 is 10.4 Å². The second kappa shape index (κ2) is 8.68. The average Bonchev–Trinajstić information content (AvgIpc) is 3.14. The number of hydrogen-bond acceptors (Lipinski definition) is 8. The van der Waals surface area contributed by atoms with Gasteiger partial charge in [-0.1, -0.05) is 18.2 Å². The van der Waals surface area contributed by atoms with E-state index in [0.717, 1.165) is 12.1 Å². The Bertz CT molecular complexity index is 1320. The van der Waals surface area contributed by atoms with Gasteiger partial charge >= 0.3 is 0 Å². The Morgan fingerprint density at radius 1 is 0.970 bits per heavy atom. The van der Waals surface area contributed by atoms with E-state index in [1.807, 2.05) is 0 Å². The summed E-state index contributed by atoms with van der Waals surface area (Å²) in [7, 11) is -4.35. The van der Waals surface area contributed by atoms with Crippen molar-refractivity contribution in [2.45, 2.75) is 10.9 Å². The third-order valence-electron chi connectivity index (χ3n) is 4.79. The summed E-state index contributed by atoms with van der Waals surface area (Å²) >= 11 is 0. The molecule has 2 aromatic rings. The summed E-state index contributed by atoms with van der Waals surface area (Å²) in [4.78, 5) is 12.3. The fourth-order valence-corrected chi connectivity index (χ4v) is 3.63. The van der Waals surface area contributed by atoms with Crippen LogP contribution in [0.2, 0.25) is 0 Å². The van der Waals surface area contributed by atoms with Crippen molar-refractivity contribution >= 4 is 33.1 Å². The minimum atomic E-state index is -4.35. The van der Waals surface area contributed by atoms with Crippen LogP contribution >= 0.6 is 0 Å². The van der Waals surface area contributed by atoms with Crippen molar-refractivity contribution in [1.29, 1.82) is 0 Å². The van der Waals surface area contributed by atoms with Crippen molar-refractivity contribution in [3.63, 3.8) is 0 Å². The zero-order valence-corrected chi connectivity index (χ0v) is 17.6. The third-order valence-corrected chi connectivity index (χ3v) is 5.65. The predicted octanol–water partition coefficient (Wildman–Crippen LogP) is 2.77. The van der Waals surface area contributed by atoms with E-state index in [0.29, 0.717) is 17.0 Å². The van der Waals surface area contributed by atoms with Crippen molar-refractivity contribution in [1.82, 2.24) is 5.43 Å². The van der Waals surface area contributed by atoms with Crippen LogP contribution in [-0.4, -0.2) is 35.5 Å². The quantitative estimate of drug-likeness (QED) is 0.303. The Morgan fingerprint density at radius 2 is 1.61 bits per heavy atom. The lowest BCUT2D eigenvalue weighted by molar-refractivity contribution is -0.377. The van der Waals surface area contributed by atoms with Gasteiger partial charge in [-0.05, 0) is 54.1 Å². The molecule has 0 radical (unpaired) electrons. The second-order valence-corrected chi connectivity index (χ2v) is 8.35. The van der Waals surface area contributed by atoms with Crippen LogP contribution in [0.1, 0.15) is 0 Å². The van der Waals surface area contributed by atoms with Crippen LogP contribution in [0.25, 0.3) is 0 Å². The van der Waals surface area contributed by atoms with Gasteiger partial charge in [-0.3, -0.25) is 14.8 Å². The number of nitrogens with one attached hydrogen (secondary N) is 1. The van der Waals surface area contributed by atoms with Gasteiger partial charge in [0.25, 0.3) is 16.0 Å². The van der Waals surface area contributed by atoms with Crippen molar-refractivity contribution in [2.24, 2.45) is 10.2 Å². The molecule has 0 bridgehead atoms. The monoisotopic (exact) mass is 466 g/mol. The maximum absolute atomic E-state index is 13.1. The summed E-state index contributed by atoms with van der Waals surface area (Å²) in [5.41, 5.74) is 4.62. The Balaban J connectivity index is 1.70. The lowest BCUT2D eigenvalue weighted by atomic mass is 10.0. The minimum absolute atomic E-state index is 0.0966. The second-order valence-electron chi connectivity index (χ2n) is 6.93. The molecule has 1 amide bonds. The van der Waals surface area contributed by atoms with Gasteiger partial charge in [0.2, 0.25) is 5.71 Å². The number of carbonyl (C=O) groups is 1. The van der Waals surface area contributed by atoms with E-state index in [9.17, 15) is 23.6 Å². The van der Waals surface area contributed by atoms with E-state index in [4.69, 9.17) is 4.55 Å². The average molecular weight is 466 g/mol. The fourth-order valence-electron chi connectivity index (χ4n) is 3.15. The molecule has 168 valence electrons. The first-order valence-electron chi connectivity index (χ1n) is 9.50. The molecule has 33 heavy (non-hydrogen) atoms. The number of nitrogens with zero attached hydrogens (tertiary/aromatic N) is 4. The summed E-state index contributed by atoms with van der Waals surface area (Å²) in [6.45, 7) is 0. The normalized spacial score (nSPS) is 18.3. The van der Waals surface area contributed by atoms with Crippen LogP contribution in [0.4, 0.5) is 11.4 Å². The highest BCUT2D eigenvalue weighted by atomic mass is 32.2. The highest BCUT2D eigenvalue weighted by Crippen LogP contribution is 2.28. The number of hydrogen-bond donors (Lipinski definition) is 2. The number of azo groups is 1. The van der Waals surface area contributed by atoms with Gasteiger partial charge in [-0.15, -0.1) is 0 Å². The van der Waals surface area contributed by atoms with Gasteiger partial charge in [0.1, 0.15) is 0 Å². The first-order chi connectivity index (χ1) is 15.7. The Kier molecular flexibility index (Phi) is 5.77. The first-order valence-corrected chi connectivity index (χ1v) is 10.9. The molecule has 2 aromatic carbocycles. The van der Waals surface area contributed by atoms with E-state index in [2.05, 4.69) is 15.7 Å². The van der Waals surface area contributed by atoms with E-state index in [-0.39, 0.29) is 16.3 Å². The molecule has 1 heterocycles. The molecule has 1 aliphatic heterocycles. The number of carbonyl (C=O) groups excluding carboxylic acids is 1. The maximum atomic E-state index is 13.1. The van der Waals surface area contributed by atoms with Crippen molar-refractivity contribution < 1.29 is 22.7 Å². The van der Waals surface area contributed by atoms with Gasteiger partial charge in [0.05, 0.1) is 22.0 Å². The zero-order chi connectivity index (χ0) is 23.6. The zero-order valence-electron chi connectivity index (χ0n) is 16.8. The molecule has 1 atom stereocenters. The van der Waals surface area contributed by atoms with Crippen LogP contribution in [0, 0.1) is 10.4 Å². The number of hydrazine groups is 1. The van der Waals surface area contributed by atoms with Gasteiger partial charge in [-0.2, -0.15) is 23.5 Å². The van der Waals surface area contributed by atoms with Crippen molar-refractivity contribution in [3.05, 3.63) is 101 Å². The number of anilines is 1. The maximum Gasteiger partial charge on any atom is 0.294 e. The van der Waals surface area contributed by atoms with Gasteiger partial charge < -0.3 is 10.4 Å². The number of rotatable bonds is 4. The number of para-hydroxylation sites is 1. The molecular weight excluding hydrogens is 450 g/mol. The summed E-state index contributed by atoms with van der Waals surface area (Å²) in [6.07, 6.45) is 5.65. The van der Waals surface area contributed by atoms with E-state index < -0.39 is 27.0 Å². The van der Waals surface area contributed by atoms with E-state index in [1.54, 1.807) is 30.3 Å². The molecule has 1 aliphatic carbocycles. The molecule has 2 N–H and O–H groups in total. The Hall–Kier alpha value is -4.29. The summed E-state index contributed by atoms with van der Waals surface area (Å²) in [6, 6.07) is 12.7. The van der Waals surface area contributed by atoms with Crippen LogP contribution in [0.5, 0.6) is 0 Å². The molecule has 11 nitrogen and oxygen atoms in total. The van der Waals surface area contributed by atoms with Gasteiger partial charge in [0, 0.05) is 12.2 Å². The molecule has 1 saturated heterocycles. The predicted molar refractivity (Wildman–Crippen MR) is 119 cm³/mol. The Morgan fingerprint density at radius 3 is 2.18 bits per heavy atom.